The van der Waals surface area contributed by atoms with Crippen molar-refractivity contribution in [3.8, 4) is 5.75 Å². The number of hydrogen-bond acceptors (Lipinski definition) is 5. The summed E-state index contributed by atoms with van der Waals surface area (Å²) in [5, 5.41) is 3.01. The number of ether oxygens (including phenoxy) is 1. The highest BCUT2D eigenvalue weighted by atomic mass is 16.5. The molecule has 8 heteroatoms. The van der Waals surface area contributed by atoms with Crippen molar-refractivity contribution in [2.75, 3.05) is 26.7 Å². The maximum Gasteiger partial charge on any atom is 0.256 e. The van der Waals surface area contributed by atoms with Crippen LogP contribution in [0.25, 0.3) is 0 Å². The number of nitrogens with zero attached hydrogens (tertiary/aromatic N) is 4. The van der Waals surface area contributed by atoms with Crippen molar-refractivity contribution in [2.45, 2.75) is 46.3 Å². The smallest absolute Gasteiger partial charge is 0.256 e. The van der Waals surface area contributed by atoms with E-state index in [2.05, 4.69) is 47.2 Å². The Kier molecular flexibility index (Phi) is 7.47. The zero-order valence-electron chi connectivity index (χ0n) is 20.2. The fourth-order valence-electron chi connectivity index (χ4n) is 4.75. The molecule has 4 rings (SSSR count). The first kappa shape index (κ1) is 23.8. The second-order valence-electron chi connectivity index (χ2n) is 8.96. The number of rotatable bonds is 8. The molecule has 180 valence electrons. The quantitative estimate of drug-likeness (QED) is 0.520. The van der Waals surface area contributed by atoms with E-state index < -0.39 is 0 Å². The molecule has 1 N–H and O–H groups in total. The number of hydrogen-bond donors (Lipinski definition) is 1. The summed E-state index contributed by atoms with van der Waals surface area (Å²) in [6.45, 7) is 8.40. The van der Waals surface area contributed by atoms with E-state index >= 15 is 0 Å². The largest absolute Gasteiger partial charge is 0.496 e. The fourth-order valence-corrected chi connectivity index (χ4v) is 4.75. The molecule has 0 fully saturated rings. The number of benzene rings is 1. The highest BCUT2D eigenvalue weighted by Crippen LogP contribution is 2.23. The van der Waals surface area contributed by atoms with Crippen LogP contribution in [-0.2, 0) is 26.1 Å². The molecule has 3 heterocycles. The molecule has 3 aromatic rings. The van der Waals surface area contributed by atoms with Crippen LogP contribution >= 0.6 is 0 Å². The summed E-state index contributed by atoms with van der Waals surface area (Å²) >= 11 is 0. The number of amides is 1. The number of nitrogens with one attached hydrogen (secondary N) is 1. The molecule has 0 atom stereocenters. The molecule has 0 saturated heterocycles. The highest BCUT2D eigenvalue weighted by Gasteiger charge is 2.25. The maximum absolute atomic E-state index is 13.2. The third-order valence-corrected chi connectivity index (χ3v) is 6.26. The first-order chi connectivity index (χ1) is 16.4. The van der Waals surface area contributed by atoms with Gasteiger partial charge in [-0.25, -0.2) is 4.98 Å². The van der Waals surface area contributed by atoms with Crippen molar-refractivity contribution in [3.05, 3.63) is 81.3 Å². The van der Waals surface area contributed by atoms with Gasteiger partial charge in [-0.15, -0.1) is 0 Å². The molecular formula is C26H33N5O3. The Bertz CT molecular complexity index is 1180. The molecule has 1 aromatic carbocycles. The normalized spacial score (nSPS) is 13.9. The van der Waals surface area contributed by atoms with Gasteiger partial charge in [0.1, 0.15) is 11.3 Å². The lowest BCUT2D eigenvalue weighted by atomic mass is 10.1. The Morgan fingerprint density at radius 2 is 1.91 bits per heavy atom. The average molecular weight is 464 g/mol. The van der Waals surface area contributed by atoms with E-state index in [0.717, 1.165) is 38.3 Å². The highest BCUT2D eigenvalue weighted by molar-refractivity contribution is 5.98. The van der Waals surface area contributed by atoms with E-state index in [9.17, 15) is 9.59 Å². The number of methoxy groups -OCH3 is 1. The first-order valence-electron chi connectivity index (χ1n) is 11.8. The number of pyridine rings is 1. The summed E-state index contributed by atoms with van der Waals surface area (Å²) < 4.78 is 9.19. The number of carbonyl (C=O) groups is 1. The van der Waals surface area contributed by atoms with Gasteiger partial charge in [-0.1, -0.05) is 29.3 Å². The molecule has 0 radical (unpaired) electrons. The topological polar surface area (TPSA) is 81.4 Å². The monoisotopic (exact) mass is 463 g/mol. The first-order valence-corrected chi connectivity index (χ1v) is 11.8. The molecule has 0 aliphatic carbocycles. The van der Waals surface area contributed by atoms with Gasteiger partial charge in [-0.3, -0.25) is 14.5 Å². The molecule has 34 heavy (non-hydrogen) atoms. The predicted octanol–water partition coefficient (Wildman–Crippen LogP) is 2.55. The summed E-state index contributed by atoms with van der Waals surface area (Å²) in [7, 11) is 1.50. The Morgan fingerprint density at radius 3 is 2.62 bits per heavy atom. The predicted molar refractivity (Wildman–Crippen MR) is 131 cm³/mol. The summed E-state index contributed by atoms with van der Waals surface area (Å²) in [6, 6.07) is 8.03. The van der Waals surface area contributed by atoms with Crippen molar-refractivity contribution in [1.29, 1.82) is 0 Å². The van der Waals surface area contributed by atoms with Crippen LogP contribution < -0.4 is 15.6 Å². The van der Waals surface area contributed by atoms with E-state index in [1.165, 1.54) is 29.9 Å². The van der Waals surface area contributed by atoms with Crippen LogP contribution in [-0.4, -0.2) is 51.7 Å². The lowest BCUT2D eigenvalue weighted by Crippen LogP contribution is -2.32. The number of aromatic nitrogens is 3. The van der Waals surface area contributed by atoms with E-state index in [0.29, 0.717) is 30.8 Å². The van der Waals surface area contributed by atoms with Crippen LogP contribution in [0.3, 0.4) is 0 Å². The van der Waals surface area contributed by atoms with Gasteiger partial charge in [0.2, 0.25) is 0 Å². The van der Waals surface area contributed by atoms with Crippen LogP contribution in [0.2, 0.25) is 0 Å². The fraction of sp³-hybridized carbons (Fsp3) is 0.423. The molecule has 1 aliphatic heterocycles. The van der Waals surface area contributed by atoms with Gasteiger partial charge in [-0.05, 0) is 25.8 Å². The molecular weight excluding hydrogens is 430 g/mol. The van der Waals surface area contributed by atoms with Crippen molar-refractivity contribution in [2.24, 2.45) is 0 Å². The zero-order chi connectivity index (χ0) is 24.1. The summed E-state index contributed by atoms with van der Waals surface area (Å²) in [5.74, 6) is 0.139. The summed E-state index contributed by atoms with van der Waals surface area (Å²) in [6.07, 6.45) is 6.79. The van der Waals surface area contributed by atoms with Gasteiger partial charge in [-0.2, -0.15) is 0 Å². The minimum absolute atomic E-state index is 0.128. The third kappa shape index (κ3) is 5.56. The average Bonchev–Trinajstić information content (AvgIpc) is 3.23. The summed E-state index contributed by atoms with van der Waals surface area (Å²) in [5.41, 5.74) is 4.86. The van der Waals surface area contributed by atoms with E-state index in [1.54, 1.807) is 17.1 Å². The van der Waals surface area contributed by atoms with Crippen LogP contribution in [0.5, 0.6) is 5.75 Å². The third-order valence-electron chi connectivity index (χ3n) is 6.26. The van der Waals surface area contributed by atoms with E-state index in [1.807, 2.05) is 10.8 Å². The van der Waals surface area contributed by atoms with Crippen molar-refractivity contribution < 1.29 is 9.53 Å². The lowest BCUT2D eigenvalue weighted by Gasteiger charge is -2.20. The van der Waals surface area contributed by atoms with E-state index in [4.69, 9.17) is 4.74 Å². The molecule has 2 aromatic heterocycles. The van der Waals surface area contributed by atoms with Crippen molar-refractivity contribution in [1.82, 2.24) is 24.3 Å². The molecule has 0 unspecified atom stereocenters. The Hall–Kier alpha value is -3.39. The van der Waals surface area contributed by atoms with Gasteiger partial charge < -0.3 is 19.2 Å². The van der Waals surface area contributed by atoms with Gasteiger partial charge in [0, 0.05) is 69.8 Å². The number of fused-ring (bicyclic) bond motifs is 1. The standard InChI is InChI=1S/C26H33N5O3/c1-19-13-20(2)15-21(14-19)17-29-9-5-22-25(23(34-3)16-24(32)31(22)12-11-29)26(33)28-6-4-8-30-10-7-27-18-30/h7,10,13-16,18H,4-6,8-9,11-12,17H2,1-3H3,(H,28,33). The molecule has 1 aliphatic rings. The van der Waals surface area contributed by atoms with Crippen LogP contribution in [0.4, 0.5) is 0 Å². The number of carbonyl (C=O) groups excluding carboxylic acids is 1. The van der Waals surface area contributed by atoms with Crippen LogP contribution in [0, 0.1) is 13.8 Å². The number of aryl methyl sites for hydroxylation is 3. The Morgan fingerprint density at radius 1 is 1.12 bits per heavy atom. The molecule has 0 spiro atoms. The number of imidazole rings is 1. The molecule has 0 bridgehead atoms. The van der Waals surface area contributed by atoms with Crippen molar-refractivity contribution >= 4 is 5.91 Å². The second-order valence-corrected chi connectivity index (χ2v) is 8.96. The molecule has 0 saturated carbocycles. The minimum atomic E-state index is -0.200. The van der Waals surface area contributed by atoms with Gasteiger partial charge in [0.25, 0.3) is 11.5 Å². The summed E-state index contributed by atoms with van der Waals surface area (Å²) in [4.78, 5) is 32.4. The van der Waals surface area contributed by atoms with Gasteiger partial charge in [0.05, 0.1) is 13.4 Å². The molecule has 8 nitrogen and oxygen atoms in total. The maximum atomic E-state index is 13.2. The second kappa shape index (κ2) is 10.7. The van der Waals surface area contributed by atoms with Crippen molar-refractivity contribution in [3.63, 3.8) is 0 Å². The zero-order valence-corrected chi connectivity index (χ0v) is 20.2. The Labute approximate surface area is 200 Å². The van der Waals surface area contributed by atoms with E-state index in [-0.39, 0.29) is 11.5 Å². The van der Waals surface area contributed by atoms with Crippen LogP contribution in [0.1, 0.15) is 39.2 Å². The van der Waals surface area contributed by atoms with Gasteiger partial charge in [0.15, 0.2) is 0 Å². The Balaban J connectivity index is 1.49. The SMILES string of the molecule is COc1cc(=O)n2c(c1C(=O)NCCCn1ccnc1)CCN(Cc1cc(C)cc(C)c1)CC2. The van der Waals surface area contributed by atoms with Gasteiger partial charge >= 0.3 is 0 Å². The minimum Gasteiger partial charge on any atom is -0.496 e. The molecule has 1 amide bonds. The van der Waals surface area contributed by atoms with Crippen LogP contribution in [0.15, 0.2) is 47.8 Å². The lowest BCUT2D eigenvalue weighted by molar-refractivity contribution is 0.0947.